The molecule has 0 spiro atoms. The number of aliphatic carboxylic acids is 1. The lowest BCUT2D eigenvalue weighted by atomic mass is 9.82. The summed E-state index contributed by atoms with van der Waals surface area (Å²) in [6, 6.07) is 1.44. The summed E-state index contributed by atoms with van der Waals surface area (Å²) < 4.78 is 0. The Labute approximate surface area is 152 Å². The van der Waals surface area contributed by atoms with Crippen molar-refractivity contribution in [1.29, 1.82) is 0 Å². The van der Waals surface area contributed by atoms with Crippen molar-refractivity contribution in [2.75, 3.05) is 5.73 Å². The van der Waals surface area contributed by atoms with Gasteiger partial charge < -0.3 is 16.2 Å². The van der Waals surface area contributed by atoms with Gasteiger partial charge in [0.25, 0.3) is 0 Å². The predicted octanol–water partition coefficient (Wildman–Crippen LogP) is 1.80. The molecule has 1 aliphatic rings. The number of anilines is 1. The second-order valence-corrected chi connectivity index (χ2v) is 6.61. The smallest absolute Gasteiger partial charge is 0.327 e. The molecule has 2 atom stereocenters. The van der Waals surface area contributed by atoms with E-state index in [0.717, 1.165) is 36.1 Å². The van der Waals surface area contributed by atoms with E-state index in [1.165, 1.54) is 6.20 Å². The van der Waals surface area contributed by atoms with Crippen LogP contribution >= 0.6 is 0 Å². The Morgan fingerprint density at radius 1 is 1.35 bits per heavy atom. The Balaban J connectivity index is 2.09. The number of urea groups is 1. The number of likely N-dealkylation sites (tertiary alicyclic amines) is 1. The van der Waals surface area contributed by atoms with Crippen molar-refractivity contribution in [1.82, 2.24) is 15.2 Å². The van der Waals surface area contributed by atoms with Crippen molar-refractivity contribution in [2.24, 2.45) is 5.92 Å². The highest BCUT2D eigenvalue weighted by molar-refractivity contribution is 6.07. The average Bonchev–Trinajstić information content (AvgIpc) is 2.57. The van der Waals surface area contributed by atoms with E-state index in [2.05, 4.69) is 10.3 Å². The van der Waals surface area contributed by atoms with Crippen molar-refractivity contribution in [3.8, 4) is 0 Å². The fourth-order valence-corrected chi connectivity index (χ4v) is 3.36. The monoisotopic (exact) mass is 362 g/mol. The number of rotatable bonds is 8. The topological polar surface area (TPSA) is 126 Å². The molecule has 1 aromatic heterocycles. The lowest BCUT2D eigenvalue weighted by molar-refractivity contribution is -0.165. The van der Waals surface area contributed by atoms with Crippen LogP contribution in [-0.2, 0) is 16.0 Å². The zero-order chi connectivity index (χ0) is 19.3. The first-order valence-electron chi connectivity index (χ1n) is 8.95. The van der Waals surface area contributed by atoms with Crippen LogP contribution in [-0.4, -0.2) is 45.0 Å². The number of nitrogens with one attached hydrogen (secondary N) is 1. The molecule has 2 heterocycles. The molecular weight excluding hydrogens is 336 g/mol. The molecule has 1 aliphatic heterocycles. The van der Waals surface area contributed by atoms with Gasteiger partial charge in [-0.1, -0.05) is 26.7 Å². The standard InChI is InChI=1S/C18H26N4O4/c1-3-5-12(6-4-2)21-18(26)22-15(17(24)25)13(16(22)23)9-11-7-8-20-14(19)10-11/h7-8,10,12-13,15H,3-6,9H2,1-2H3,(H2,19,20)(H,21,26)(H,24,25). The molecule has 2 unspecified atom stereocenters. The molecule has 0 aromatic carbocycles. The van der Waals surface area contributed by atoms with Gasteiger partial charge in [0.2, 0.25) is 5.91 Å². The summed E-state index contributed by atoms with van der Waals surface area (Å²) in [5.74, 6) is -2.14. The Morgan fingerprint density at radius 3 is 2.54 bits per heavy atom. The Bertz CT molecular complexity index is 673. The molecule has 142 valence electrons. The zero-order valence-electron chi connectivity index (χ0n) is 15.1. The number of amides is 3. The highest BCUT2D eigenvalue weighted by Gasteiger charge is 2.54. The molecular formula is C18H26N4O4. The number of hydrogen-bond acceptors (Lipinski definition) is 5. The summed E-state index contributed by atoms with van der Waals surface area (Å²) in [4.78, 5) is 41.3. The number of β-lactam (4-membered cyclic amide) rings is 1. The minimum absolute atomic E-state index is 0.0567. The number of imide groups is 1. The van der Waals surface area contributed by atoms with Gasteiger partial charge in [-0.2, -0.15) is 0 Å². The molecule has 3 amide bonds. The quantitative estimate of drug-likeness (QED) is 0.605. The van der Waals surface area contributed by atoms with E-state index < -0.39 is 29.9 Å². The largest absolute Gasteiger partial charge is 0.480 e. The van der Waals surface area contributed by atoms with E-state index in [1.54, 1.807) is 12.1 Å². The van der Waals surface area contributed by atoms with Crippen LogP contribution in [0.15, 0.2) is 18.3 Å². The van der Waals surface area contributed by atoms with Gasteiger partial charge in [-0.15, -0.1) is 0 Å². The summed E-state index contributed by atoms with van der Waals surface area (Å²) >= 11 is 0. The zero-order valence-corrected chi connectivity index (χ0v) is 15.1. The van der Waals surface area contributed by atoms with Gasteiger partial charge in [0.15, 0.2) is 6.04 Å². The van der Waals surface area contributed by atoms with Crippen LogP contribution in [0.5, 0.6) is 0 Å². The van der Waals surface area contributed by atoms with E-state index in [-0.39, 0.29) is 12.5 Å². The van der Waals surface area contributed by atoms with E-state index in [0.29, 0.717) is 5.82 Å². The number of hydrogen-bond donors (Lipinski definition) is 3. The predicted molar refractivity (Wildman–Crippen MR) is 96.2 cm³/mol. The summed E-state index contributed by atoms with van der Waals surface area (Å²) in [6.07, 6.45) is 5.09. The second-order valence-electron chi connectivity index (χ2n) is 6.61. The van der Waals surface area contributed by atoms with Crippen LogP contribution in [0.2, 0.25) is 0 Å². The maximum absolute atomic E-state index is 12.5. The first kappa shape index (κ1) is 19.7. The third kappa shape index (κ3) is 4.30. The summed E-state index contributed by atoms with van der Waals surface area (Å²) in [7, 11) is 0. The molecule has 1 fully saturated rings. The number of carboxylic acid groups (broad SMARTS) is 1. The van der Waals surface area contributed by atoms with Gasteiger partial charge in [-0.05, 0) is 37.0 Å². The van der Waals surface area contributed by atoms with Crippen LogP contribution in [0.4, 0.5) is 10.6 Å². The molecule has 26 heavy (non-hydrogen) atoms. The Morgan fingerprint density at radius 2 is 2.00 bits per heavy atom. The third-order valence-corrected chi connectivity index (χ3v) is 4.59. The van der Waals surface area contributed by atoms with Gasteiger partial charge in [0, 0.05) is 12.2 Å². The van der Waals surface area contributed by atoms with E-state index in [1.807, 2.05) is 13.8 Å². The molecule has 1 aromatic rings. The van der Waals surface area contributed by atoms with Gasteiger partial charge >= 0.3 is 12.0 Å². The van der Waals surface area contributed by atoms with Crippen molar-refractivity contribution in [2.45, 2.75) is 58.0 Å². The van der Waals surface area contributed by atoms with E-state index >= 15 is 0 Å². The van der Waals surface area contributed by atoms with Crippen molar-refractivity contribution in [3.05, 3.63) is 23.9 Å². The maximum atomic E-state index is 12.5. The average molecular weight is 362 g/mol. The molecule has 8 nitrogen and oxygen atoms in total. The fourth-order valence-electron chi connectivity index (χ4n) is 3.36. The van der Waals surface area contributed by atoms with E-state index in [4.69, 9.17) is 5.73 Å². The number of nitrogens with zero attached hydrogens (tertiary/aromatic N) is 2. The first-order valence-corrected chi connectivity index (χ1v) is 8.95. The number of carbonyl (C=O) groups excluding carboxylic acids is 2. The highest BCUT2D eigenvalue weighted by Crippen LogP contribution is 2.31. The second kappa shape index (κ2) is 8.64. The number of carboxylic acids is 1. The Hall–Kier alpha value is -2.64. The summed E-state index contributed by atoms with van der Waals surface area (Å²) in [6.45, 7) is 4.03. The van der Waals surface area contributed by atoms with E-state index in [9.17, 15) is 19.5 Å². The van der Waals surface area contributed by atoms with Gasteiger partial charge in [0.1, 0.15) is 5.82 Å². The maximum Gasteiger partial charge on any atom is 0.327 e. The van der Waals surface area contributed by atoms with Crippen LogP contribution in [0, 0.1) is 5.92 Å². The summed E-state index contributed by atoms with van der Waals surface area (Å²) in [5.41, 5.74) is 6.34. The molecule has 0 bridgehead atoms. The molecule has 4 N–H and O–H groups in total. The minimum Gasteiger partial charge on any atom is -0.480 e. The molecule has 1 saturated heterocycles. The molecule has 0 radical (unpaired) electrons. The van der Waals surface area contributed by atoms with Crippen LogP contribution in [0.3, 0.4) is 0 Å². The Kier molecular flexibility index (Phi) is 6.54. The third-order valence-electron chi connectivity index (χ3n) is 4.59. The van der Waals surface area contributed by atoms with Crippen LogP contribution in [0.1, 0.15) is 45.1 Å². The molecule has 2 rings (SSSR count). The van der Waals surface area contributed by atoms with Crippen LogP contribution < -0.4 is 11.1 Å². The SMILES string of the molecule is CCCC(CCC)NC(=O)N1C(=O)C(Cc2ccnc(N)c2)C1C(=O)O. The van der Waals surface area contributed by atoms with Crippen molar-refractivity contribution >= 4 is 23.7 Å². The van der Waals surface area contributed by atoms with Gasteiger partial charge in [-0.3, -0.25) is 4.79 Å². The number of pyridine rings is 1. The fraction of sp³-hybridized carbons (Fsp3) is 0.556. The minimum atomic E-state index is -1.19. The van der Waals surface area contributed by atoms with Crippen molar-refractivity contribution < 1.29 is 19.5 Å². The summed E-state index contributed by atoms with van der Waals surface area (Å²) in [5, 5.41) is 12.3. The lowest BCUT2D eigenvalue weighted by Crippen LogP contribution is -2.69. The number of nitrogens with two attached hydrogens (primary N) is 1. The molecule has 8 heteroatoms. The number of aromatic nitrogens is 1. The molecule has 0 aliphatic carbocycles. The number of carbonyl (C=O) groups is 3. The molecule has 0 saturated carbocycles. The van der Waals surface area contributed by atoms with Gasteiger partial charge in [-0.25, -0.2) is 19.5 Å². The van der Waals surface area contributed by atoms with Crippen LogP contribution in [0.25, 0.3) is 0 Å². The lowest BCUT2D eigenvalue weighted by Gasteiger charge is -2.43. The normalized spacial score (nSPS) is 19.3. The highest BCUT2D eigenvalue weighted by atomic mass is 16.4. The van der Waals surface area contributed by atoms with Gasteiger partial charge in [0.05, 0.1) is 5.92 Å². The number of nitrogen functional groups attached to an aromatic ring is 1. The first-order chi connectivity index (χ1) is 12.4. The van der Waals surface area contributed by atoms with Crippen molar-refractivity contribution in [3.63, 3.8) is 0 Å².